The summed E-state index contributed by atoms with van der Waals surface area (Å²) < 4.78 is 67.9. The SMILES string of the molecule is CC(C(=O)NCc1cc(C(F)(F)F)nn1-c1cccc(Cl)c1)c1cc(F)c(N)c(F)c1. The molecular formula is C20H16ClF5N4O. The number of carbonyl (C=O) groups excluding carboxylic acids is 1. The third kappa shape index (κ3) is 4.96. The Balaban J connectivity index is 1.85. The first-order valence-corrected chi connectivity index (χ1v) is 9.29. The van der Waals surface area contributed by atoms with E-state index in [2.05, 4.69) is 10.4 Å². The van der Waals surface area contributed by atoms with E-state index < -0.39 is 41.0 Å². The minimum atomic E-state index is -4.70. The minimum Gasteiger partial charge on any atom is -0.394 e. The second-order valence-corrected chi connectivity index (χ2v) is 7.18. The van der Waals surface area contributed by atoms with Crippen LogP contribution in [0.4, 0.5) is 27.6 Å². The molecule has 11 heteroatoms. The Labute approximate surface area is 178 Å². The first kappa shape index (κ1) is 22.5. The highest BCUT2D eigenvalue weighted by molar-refractivity contribution is 6.30. The Bertz CT molecular complexity index is 1110. The second-order valence-electron chi connectivity index (χ2n) is 6.75. The summed E-state index contributed by atoms with van der Waals surface area (Å²) in [4.78, 5) is 12.5. The lowest BCUT2D eigenvalue weighted by Crippen LogP contribution is -2.28. The van der Waals surface area contributed by atoms with Gasteiger partial charge in [-0.3, -0.25) is 4.79 Å². The van der Waals surface area contributed by atoms with Gasteiger partial charge in [-0.1, -0.05) is 17.7 Å². The van der Waals surface area contributed by atoms with E-state index in [1.54, 1.807) is 12.1 Å². The summed E-state index contributed by atoms with van der Waals surface area (Å²) in [6.45, 7) is 1.08. The number of hydrogen-bond donors (Lipinski definition) is 2. The minimum absolute atomic E-state index is 0.0287. The third-order valence-corrected chi connectivity index (χ3v) is 4.80. The monoisotopic (exact) mass is 458 g/mol. The molecule has 1 heterocycles. The number of amides is 1. The molecule has 1 atom stereocenters. The van der Waals surface area contributed by atoms with Crippen molar-refractivity contribution in [1.29, 1.82) is 0 Å². The maximum absolute atomic E-state index is 13.7. The fourth-order valence-electron chi connectivity index (χ4n) is 2.85. The van der Waals surface area contributed by atoms with Gasteiger partial charge in [-0.25, -0.2) is 13.5 Å². The van der Waals surface area contributed by atoms with Crippen LogP contribution in [0.5, 0.6) is 0 Å². The zero-order chi connectivity index (χ0) is 22.9. The molecule has 0 aliphatic carbocycles. The maximum atomic E-state index is 13.7. The zero-order valence-electron chi connectivity index (χ0n) is 16.0. The van der Waals surface area contributed by atoms with E-state index in [0.717, 1.165) is 22.9 Å². The summed E-state index contributed by atoms with van der Waals surface area (Å²) in [5.41, 5.74) is 3.74. The average Bonchev–Trinajstić information content (AvgIpc) is 3.14. The van der Waals surface area contributed by atoms with Gasteiger partial charge < -0.3 is 11.1 Å². The molecule has 0 aliphatic heterocycles. The predicted molar refractivity (Wildman–Crippen MR) is 105 cm³/mol. The molecule has 0 saturated heterocycles. The number of nitrogen functional groups attached to an aromatic ring is 1. The molecule has 1 unspecified atom stereocenters. The van der Waals surface area contributed by atoms with Crippen molar-refractivity contribution < 1.29 is 26.7 Å². The molecule has 3 N–H and O–H groups in total. The first-order chi connectivity index (χ1) is 14.5. The Morgan fingerprint density at radius 1 is 1.19 bits per heavy atom. The maximum Gasteiger partial charge on any atom is 0.435 e. The topological polar surface area (TPSA) is 72.9 Å². The number of halogens is 6. The summed E-state index contributed by atoms with van der Waals surface area (Å²) in [7, 11) is 0. The van der Waals surface area contributed by atoms with E-state index in [4.69, 9.17) is 17.3 Å². The van der Waals surface area contributed by atoms with Crippen molar-refractivity contribution in [2.24, 2.45) is 0 Å². The normalized spacial score (nSPS) is 12.6. The average molecular weight is 459 g/mol. The highest BCUT2D eigenvalue weighted by atomic mass is 35.5. The van der Waals surface area contributed by atoms with Gasteiger partial charge in [-0.2, -0.15) is 18.3 Å². The van der Waals surface area contributed by atoms with Gasteiger partial charge in [0.1, 0.15) is 17.3 Å². The van der Waals surface area contributed by atoms with Gasteiger partial charge in [0.25, 0.3) is 0 Å². The van der Waals surface area contributed by atoms with Crippen molar-refractivity contribution in [2.45, 2.75) is 25.6 Å². The Morgan fingerprint density at radius 3 is 2.42 bits per heavy atom. The second kappa shape index (κ2) is 8.54. The lowest BCUT2D eigenvalue weighted by atomic mass is 9.99. The molecule has 5 nitrogen and oxygen atoms in total. The van der Waals surface area contributed by atoms with Crippen LogP contribution < -0.4 is 11.1 Å². The van der Waals surface area contributed by atoms with Gasteiger partial charge in [0.15, 0.2) is 5.69 Å². The van der Waals surface area contributed by atoms with Crippen molar-refractivity contribution in [2.75, 3.05) is 5.73 Å². The highest BCUT2D eigenvalue weighted by Gasteiger charge is 2.35. The van der Waals surface area contributed by atoms with E-state index in [1.807, 2.05) is 0 Å². The number of nitrogens with one attached hydrogen (secondary N) is 1. The zero-order valence-corrected chi connectivity index (χ0v) is 16.7. The van der Waals surface area contributed by atoms with Crippen LogP contribution in [0.25, 0.3) is 5.69 Å². The molecule has 3 aromatic rings. The van der Waals surface area contributed by atoms with Gasteiger partial charge in [0.05, 0.1) is 23.8 Å². The van der Waals surface area contributed by atoms with E-state index >= 15 is 0 Å². The van der Waals surface area contributed by atoms with Crippen LogP contribution >= 0.6 is 11.6 Å². The molecule has 0 fully saturated rings. The Hall–Kier alpha value is -3.14. The van der Waals surface area contributed by atoms with Crippen LogP contribution in [0, 0.1) is 11.6 Å². The van der Waals surface area contributed by atoms with Crippen molar-refractivity contribution in [3.8, 4) is 5.69 Å². The van der Waals surface area contributed by atoms with Gasteiger partial charge in [-0.15, -0.1) is 0 Å². The Morgan fingerprint density at radius 2 is 1.84 bits per heavy atom. The molecule has 1 amide bonds. The third-order valence-electron chi connectivity index (χ3n) is 4.56. The summed E-state index contributed by atoms with van der Waals surface area (Å²) in [5.74, 6) is -3.67. The highest BCUT2D eigenvalue weighted by Crippen LogP contribution is 2.30. The molecule has 0 spiro atoms. The van der Waals surface area contributed by atoms with Gasteiger partial charge >= 0.3 is 6.18 Å². The van der Waals surface area contributed by atoms with Crippen LogP contribution in [0.1, 0.15) is 29.8 Å². The molecule has 2 aromatic carbocycles. The lowest BCUT2D eigenvalue weighted by Gasteiger charge is -2.14. The molecule has 0 saturated carbocycles. The quantitative estimate of drug-likeness (QED) is 0.425. The molecule has 164 valence electrons. The number of hydrogen-bond acceptors (Lipinski definition) is 3. The molecule has 0 radical (unpaired) electrons. The number of carbonyl (C=O) groups is 1. The van der Waals surface area contributed by atoms with Crippen LogP contribution in [0.2, 0.25) is 5.02 Å². The van der Waals surface area contributed by atoms with Crippen LogP contribution in [0.3, 0.4) is 0 Å². The number of aromatic nitrogens is 2. The summed E-state index contributed by atoms with van der Waals surface area (Å²) in [5, 5.41) is 6.33. The number of alkyl halides is 3. The van der Waals surface area contributed by atoms with E-state index in [-0.39, 0.29) is 28.5 Å². The number of rotatable bonds is 5. The van der Waals surface area contributed by atoms with E-state index in [1.165, 1.54) is 19.1 Å². The predicted octanol–water partition coefficient (Wildman–Crippen LogP) is 4.82. The number of benzene rings is 2. The van der Waals surface area contributed by atoms with Gasteiger partial charge in [-0.05, 0) is 48.9 Å². The van der Waals surface area contributed by atoms with Gasteiger partial charge in [0, 0.05) is 5.02 Å². The lowest BCUT2D eigenvalue weighted by molar-refractivity contribution is -0.141. The van der Waals surface area contributed by atoms with Crippen molar-refractivity contribution >= 4 is 23.2 Å². The fraction of sp³-hybridized carbons (Fsp3) is 0.200. The van der Waals surface area contributed by atoms with Crippen LogP contribution in [0.15, 0.2) is 42.5 Å². The first-order valence-electron chi connectivity index (χ1n) is 8.91. The number of anilines is 1. The van der Waals surface area contributed by atoms with Crippen LogP contribution in [-0.4, -0.2) is 15.7 Å². The molecule has 0 bridgehead atoms. The molecular weight excluding hydrogens is 443 g/mol. The molecule has 1 aromatic heterocycles. The molecule has 31 heavy (non-hydrogen) atoms. The standard InChI is InChI=1S/C20H16ClF5N4O/c1-10(11-5-15(22)18(27)16(23)6-11)19(31)28-9-14-8-17(20(24,25)26)29-30(14)13-4-2-3-12(21)7-13/h2-8,10H,9,27H2,1H3,(H,28,31). The van der Waals surface area contributed by atoms with E-state index in [0.29, 0.717) is 0 Å². The summed E-state index contributed by atoms with van der Waals surface area (Å²) in [6, 6.07) is 8.68. The van der Waals surface area contributed by atoms with E-state index in [9.17, 15) is 26.7 Å². The van der Waals surface area contributed by atoms with Crippen molar-refractivity contribution in [1.82, 2.24) is 15.1 Å². The van der Waals surface area contributed by atoms with Gasteiger partial charge in [0.2, 0.25) is 5.91 Å². The largest absolute Gasteiger partial charge is 0.435 e. The van der Waals surface area contributed by atoms with Crippen LogP contribution in [-0.2, 0) is 17.5 Å². The summed E-state index contributed by atoms with van der Waals surface area (Å²) in [6.07, 6.45) is -4.70. The number of nitrogens with two attached hydrogens (primary N) is 1. The number of nitrogens with zero attached hydrogens (tertiary/aromatic N) is 2. The fourth-order valence-corrected chi connectivity index (χ4v) is 3.04. The molecule has 0 aliphatic rings. The summed E-state index contributed by atoms with van der Waals surface area (Å²) >= 11 is 5.91. The molecule has 3 rings (SSSR count). The smallest absolute Gasteiger partial charge is 0.394 e. The Kier molecular flexibility index (Phi) is 6.21. The van der Waals surface area contributed by atoms with Crippen molar-refractivity contribution in [3.63, 3.8) is 0 Å². The van der Waals surface area contributed by atoms with Crippen molar-refractivity contribution in [3.05, 3.63) is 76.1 Å².